The topological polar surface area (TPSA) is 78.8 Å². The zero-order chi connectivity index (χ0) is 23.8. The van der Waals surface area contributed by atoms with Crippen molar-refractivity contribution in [2.24, 2.45) is 0 Å². The minimum atomic E-state index is -0.387. The van der Waals surface area contributed by atoms with Gasteiger partial charge in [-0.2, -0.15) is 0 Å². The predicted octanol–water partition coefficient (Wildman–Crippen LogP) is 6.15. The Morgan fingerprint density at radius 2 is 1.28 bits per heavy atom. The summed E-state index contributed by atoms with van der Waals surface area (Å²) in [6.45, 7) is 11.9. The van der Waals surface area contributed by atoms with Crippen LogP contribution in [0.4, 0.5) is 0 Å². The van der Waals surface area contributed by atoms with E-state index in [1.165, 1.54) is 64.2 Å². The third-order valence-corrected chi connectivity index (χ3v) is 4.95. The molecular formula is C26H55NO4W. The van der Waals surface area contributed by atoms with Crippen LogP contribution in [0.3, 0.4) is 0 Å². The molecule has 0 heterocycles. The van der Waals surface area contributed by atoms with E-state index in [4.69, 9.17) is 9.84 Å². The van der Waals surface area contributed by atoms with Gasteiger partial charge in [0, 0.05) is 34.1 Å². The first kappa shape index (κ1) is 36.6. The van der Waals surface area contributed by atoms with E-state index >= 15 is 0 Å². The van der Waals surface area contributed by atoms with Crippen molar-refractivity contribution in [1.29, 1.82) is 0 Å². The minimum Gasteiger partial charge on any atom is -0.460 e. The van der Waals surface area contributed by atoms with Gasteiger partial charge in [0.1, 0.15) is 5.60 Å². The van der Waals surface area contributed by atoms with Gasteiger partial charge in [0.25, 0.3) is 0 Å². The van der Waals surface area contributed by atoms with Crippen LogP contribution in [0, 0.1) is 0 Å². The van der Waals surface area contributed by atoms with E-state index in [9.17, 15) is 9.90 Å². The van der Waals surface area contributed by atoms with E-state index in [1.54, 1.807) is 0 Å². The second kappa shape index (κ2) is 27.3. The predicted molar refractivity (Wildman–Crippen MR) is 132 cm³/mol. The summed E-state index contributed by atoms with van der Waals surface area (Å²) in [6.07, 6.45) is 17.1. The molecule has 3 N–H and O–H groups in total. The van der Waals surface area contributed by atoms with E-state index in [0.717, 1.165) is 38.8 Å². The third kappa shape index (κ3) is 34.6. The molecule has 0 aromatic heterocycles. The SMILES string of the molecule is CC(C)(C)OC(=O)CCCNCCCO.CCCCCCCC(O)CCCCCCC.[W]. The zero-order valence-electron chi connectivity index (χ0n) is 21.9. The number of rotatable bonds is 19. The van der Waals surface area contributed by atoms with Gasteiger partial charge in [0.05, 0.1) is 6.10 Å². The summed E-state index contributed by atoms with van der Waals surface area (Å²) in [7, 11) is 0. The number of aliphatic hydroxyl groups is 2. The van der Waals surface area contributed by atoms with E-state index in [0.29, 0.717) is 6.42 Å². The van der Waals surface area contributed by atoms with Crippen molar-refractivity contribution < 1.29 is 40.8 Å². The number of carbonyl (C=O) groups is 1. The van der Waals surface area contributed by atoms with Crippen LogP contribution in [0.2, 0.25) is 0 Å². The number of carbonyl (C=O) groups excluding carboxylic acids is 1. The number of nitrogens with one attached hydrogen (secondary N) is 1. The van der Waals surface area contributed by atoms with Crippen LogP contribution in [0.5, 0.6) is 0 Å². The van der Waals surface area contributed by atoms with E-state index in [1.807, 2.05) is 20.8 Å². The summed E-state index contributed by atoms with van der Waals surface area (Å²) in [5, 5.41) is 21.4. The Labute approximate surface area is 214 Å². The fourth-order valence-corrected chi connectivity index (χ4v) is 3.19. The Morgan fingerprint density at radius 3 is 1.72 bits per heavy atom. The maximum absolute atomic E-state index is 11.3. The van der Waals surface area contributed by atoms with Gasteiger partial charge in [-0.25, -0.2) is 0 Å². The summed E-state index contributed by atoms with van der Waals surface area (Å²) in [5.41, 5.74) is -0.387. The molecule has 0 saturated heterocycles. The molecule has 0 aliphatic carbocycles. The van der Waals surface area contributed by atoms with Gasteiger partial charge >= 0.3 is 5.97 Å². The third-order valence-electron chi connectivity index (χ3n) is 4.95. The number of unbranched alkanes of at least 4 members (excludes halogenated alkanes) is 8. The molecule has 32 heavy (non-hydrogen) atoms. The van der Waals surface area contributed by atoms with Gasteiger partial charge < -0.3 is 20.3 Å². The molecule has 0 aromatic carbocycles. The molecule has 0 radical (unpaired) electrons. The van der Waals surface area contributed by atoms with Gasteiger partial charge in [0.15, 0.2) is 0 Å². The van der Waals surface area contributed by atoms with Crippen molar-refractivity contribution in [3.8, 4) is 0 Å². The molecule has 0 aromatic rings. The summed E-state index contributed by atoms with van der Waals surface area (Å²) in [6, 6.07) is 0. The van der Waals surface area contributed by atoms with Crippen LogP contribution in [0.15, 0.2) is 0 Å². The van der Waals surface area contributed by atoms with Crippen molar-refractivity contribution in [2.75, 3.05) is 19.7 Å². The monoisotopic (exact) mass is 629 g/mol. The van der Waals surface area contributed by atoms with Crippen LogP contribution in [-0.2, 0) is 30.6 Å². The molecule has 0 fully saturated rings. The van der Waals surface area contributed by atoms with Crippen molar-refractivity contribution in [3.63, 3.8) is 0 Å². The average Bonchev–Trinajstić information content (AvgIpc) is 2.69. The standard InChI is InChI=1S/C15H32O.C11H23NO3.W/c1-3-5-7-9-11-13-15(16)14-12-10-8-6-4-2;1-11(2,3)15-10(14)6-4-7-12-8-5-9-13;/h15-16H,3-14H2,1-2H3;12-13H,4-9H2,1-3H3;. The average molecular weight is 630 g/mol. The van der Waals surface area contributed by atoms with Gasteiger partial charge in [-0.15, -0.1) is 0 Å². The molecule has 0 unspecified atom stereocenters. The fourth-order valence-electron chi connectivity index (χ4n) is 3.19. The van der Waals surface area contributed by atoms with Crippen molar-refractivity contribution in [2.45, 2.75) is 143 Å². The molecule has 6 heteroatoms. The van der Waals surface area contributed by atoms with Gasteiger partial charge in [-0.3, -0.25) is 4.79 Å². The van der Waals surface area contributed by atoms with Gasteiger partial charge in [-0.1, -0.05) is 78.1 Å². The van der Waals surface area contributed by atoms with Crippen LogP contribution in [-0.4, -0.2) is 47.6 Å². The van der Waals surface area contributed by atoms with Gasteiger partial charge in [-0.05, 0) is 59.5 Å². The molecule has 0 bridgehead atoms. The first-order valence-corrected chi connectivity index (χ1v) is 13.0. The zero-order valence-corrected chi connectivity index (χ0v) is 24.9. The molecule has 0 atom stereocenters. The number of ether oxygens (including phenoxy) is 1. The maximum atomic E-state index is 11.3. The Hall–Kier alpha value is 0.0383. The summed E-state index contributed by atoms with van der Waals surface area (Å²) >= 11 is 0. The van der Waals surface area contributed by atoms with Crippen LogP contribution >= 0.6 is 0 Å². The van der Waals surface area contributed by atoms with Crippen LogP contribution in [0.25, 0.3) is 0 Å². The van der Waals surface area contributed by atoms with Crippen LogP contribution in [0.1, 0.15) is 131 Å². The molecule has 0 amide bonds. The summed E-state index contributed by atoms with van der Waals surface area (Å²) in [4.78, 5) is 11.3. The molecule has 0 rings (SSSR count). The second-order valence-electron chi connectivity index (χ2n) is 9.58. The van der Waals surface area contributed by atoms with E-state index in [-0.39, 0.29) is 45.3 Å². The molecule has 0 aliphatic rings. The van der Waals surface area contributed by atoms with Crippen molar-refractivity contribution in [3.05, 3.63) is 0 Å². The molecular weight excluding hydrogens is 574 g/mol. The molecule has 194 valence electrons. The molecule has 0 spiro atoms. The second-order valence-corrected chi connectivity index (χ2v) is 9.58. The number of aliphatic hydroxyl groups excluding tert-OH is 2. The number of esters is 1. The Morgan fingerprint density at radius 1 is 0.812 bits per heavy atom. The number of hydrogen-bond acceptors (Lipinski definition) is 5. The maximum Gasteiger partial charge on any atom is 0.306 e. The van der Waals surface area contributed by atoms with E-state index < -0.39 is 0 Å². The van der Waals surface area contributed by atoms with Gasteiger partial charge in [0.2, 0.25) is 0 Å². The normalized spacial score (nSPS) is 11.0. The molecule has 0 saturated carbocycles. The minimum absolute atomic E-state index is 0. The van der Waals surface area contributed by atoms with Crippen LogP contribution < -0.4 is 5.32 Å². The van der Waals surface area contributed by atoms with Crippen molar-refractivity contribution >= 4 is 5.97 Å². The quantitative estimate of drug-likeness (QED) is 0.118. The Bertz CT molecular complexity index is 361. The van der Waals surface area contributed by atoms with Crippen molar-refractivity contribution in [1.82, 2.24) is 5.32 Å². The Balaban J connectivity index is -0.000000511. The fraction of sp³-hybridized carbons (Fsp3) is 0.962. The largest absolute Gasteiger partial charge is 0.460 e. The first-order chi connectivity index (χ1) is 14.8. The summed E-state index contributed by atoms with van der Waals surface area (Å²) in [5.74, 6) is -0.147. The van der Waals surface area contributed by atoms with E-state index in [2.05, 4.69) is 19.2 Å². The molecule has 0 aliphatic heterocycles. The smallest absolute Gasteiger partial charge is 0.306 e. The first-order valence-electron chi connectivity index (χ1n) is 13.0. The Kier molecular flexibility index (Phi) is 31.2. The number of hydrogen-bond donors (Lipinski definition) is 3. The molecule has 5 nitrogen and oxygen atoms in total. The summed E-state index contributed by atoms with van der Waals surface area (Å²) < 4.78 is 5.16.